The van der Waals surface area contributed by atoms with Gasteiger partial charge in [0.2, 0.25) is 6.08 Å². The molecule has 0 heterocycles. The van der Waals surface area contributed by atoms with Crippen LogP contribution in [0.25, 0.3) is 0 Å². The summed E-state index contributed by atoms with van der Waals surface area (Å²) in [6.07, 6.45) is 1.52. The average Bonchev–Trinajstić information content (AvgIpc) is 2.28. The Morgan fingerprint density at radius 2 is 1.88 bits per heavy atom. The minimum absolute atomic E-state index is 0.0434. The molecule has 1 aromatic rings. The van der Waals surface area contributed by atoms with Crippen molar-refractivity contribution in [1.29, 1.82) is 0 Å². The van der Waals surface area contributed by atoms with Crippen LogP contribution in [0, 0.1) is 0 Å². The average molecular weight is 218 g/mol. The van der Waals surface area contributed by atoms with Crippen LogP contribution in [0.15, 0.2) is 29.3 Å². The monoisotopic (exact) mass is 218 g/mol. The lowest BCUT2D eigenvalue weighted by molar-refractivity contribution is 0.0827. The van der Waals surface area contributed by atoms with Gasteiger partial charge in [-0.2, -0.15) is 4.99 Å². The molecular formula is C12H14N2O2. The maximum atomic E-state index is 11.6. The van der Waals surface area contributed by atoms with Gasteiger partial charge < -0.3 is 4.90 Å². The molecule has 0 aromatic heterocycles. The molecule has 0 aliphatic heterocycles. The summed E-state index contributed by atoms with van der Waals surface area (Å²) in [6.45, 7) is 1.80. The number of carbonyl (C=O) groups is 1. The third-order valence-corrected chi connectivity index (χ3v) is 2.29. The second kappa shape index (κ2) is 5.24. The number of hydrogen-bond donors (Lipinski definition) is 0. The summed E-state index contributed by atoms with van der Waals surface area (Å²) in [5.74, 6) is -0.0434. The Balaban J connectivity index is 2.91. The lowest BCUT2D eigenvalue weighted by Gasteiger charge is -2.11. The van der Waals surface area contributed by atoms with Gasteiger partial charge in [0, 0.05) is 19.7 Å². The van der Waals surface area contributed by atoms with Gasteiger partial charge in [-0.15, -0.1) is 0 Å². The van der Waals surface area contributed by atoms with E-state index in [4.69, 9.17) is 0 Å². The Hall–Kier alpha value is -1.93. The maximum Gasteiger partial charge on any atom is 0.253 e. The number of rotatable bonds is 3. The molecule has 0 bridgehead atoms. The largest absolute Gasteiger partial charge is 0.345 e. The molecule has 0 aliphatic carbocycles. The number of carbonyl (C=O) groups excluding carboxylic acids is 2. The van der Waals surface area contributed by atoms with Crippen LogP contribution in [0.5, 0.6) is 0 Å². The van der Waals surface area contributed by atoms with Gasteiger partial charge in [-0.25, -0.2) is 4.79 Å². The fourth-order valence-corrected chi connectivity index (χ4v) is 1.32. The third kappa shape index (κ3) is 2.78. The molecule has 0 fully saturated rings. The van der Waals surface area contributed by atoms with Crippen molar-refractivity contribution in [2.75, 3.05) is 14.1 Å². The molecule has 0 radical (unpaired) electrons. The standard InChI is InChI=1S/C12H14N2O2/c1-9(13-8-15)10-4-6-11(7-5-10)12(16)14(2)3/h4-7,9H,1-3H3. The number of nitrogens with zero attached hydrogens (tertiary/aromatic N) is 2. The molecule has 1 amide bonds. The van der Waals surface area contributed by atoms with E-state index >= 15 is 0 Å². The fourth-order valence-electron chi connectivity index (χ4n) is 1.32. The van der Waals surface area contributed by atoms with Crippen LogP contribution in [0.4, 0.5) is 0 Å². The topological polar surface area (TPSA) is 49.7 Å². The lowest BCUT2D eigenvalue weighted by atomic mass is 10.1. The quantitative estimate of drug-likeness (QED) is 0.573. The Labute approximate surface area is 94.6 Å². The second-order valence-electron chi connectivity index (χ2n) is 3.72. The number of amides is 1. The van der Waals surface area contributed by atoms with E-state index in [-0.39, 0.29) is 11.9 Å². The minimum Gasteiger partial charge on any atom is -0.345 e. The Bertz CT molecular complexity index is 417. The van der Waals surface area contributed by atoms with Crippen LogP contribution in [0.3, 0.4) is 0 Å². The maximum absolute atomic E-state index is 11.6. The van der Waals surface area contributed by atoms with Gasteiger partial charge in [-0.1, -0.05) is 12.1 Å². The van der Waals surface area contributed by atoms with Gasteiger partial charge >= 0.3 is 0 Å². The van der Waals surface area contributed by atoms with E-state index in [9.17, 15) is 9.59 Å². The van der Waals surface area contributed by atoms with Crippen LogP contribution in [-0.4, -0.2) is 31.0 Å². The molecular weight excluding hydrogens is 204 g/mol. The summed E-state index contributed by atoms with van der Waals surface area (Å²) in [5.41, 5.74) is 1.51. The summed E-state index contributed by atoms with van der Waals surface area (Å²) >= 11 is 0. The normalized spacial score (nSPS) is 11.4. The van der Waals surface area contributed by atoms with E-state index < -0.39 is 0 Å². The Kier molecular flexibility index (Phi) is 3.97. The van der Waals surface area contributed by atoms with Crippen LogP contribution < -0.4 is 0 Å². The van der Waals surface area contributed by atoms with Crippen molar-refractivity contribution in [2.45, 2.75) is 13.0 Å². The summed E-state index contributed by atoms with van der Waals surface area (Å²) in [4.78, 5) is 26.8. The summed E-state index contributed by atoms with van der Waals surface area (Å²) in [6, 6.07) is 6.83. The van der Waals surface area contributed by atoms with Crippen molar-refractivity contribution in [3.63, 3.8) is 0 Å². The zero-order valence-corrected chi connectivity index (χ0v) is 9.60. The van der Waals surface area contributed by atoms with Crippen LogP contribution in [-0.2, 0) is 4.79 Å². The number of aliphatic imine (C=N–C) groups is 1. The molecule has 16 heavy (non-hydrogen) atoms. The zero-order chi connectivity index (χ0) is 12.1. The first kappa shape index (κ1) is 12.1. The summed E-state index contributed by atoms with van der Waals surface area (Å²) < 4.78 is 0. The summed E-state index contributed by atoms with van der Waals surface area (Å²) in [5, 5.41) is 0. The number of benzene rings is 1. The van der Waals surface area contributed by atoms with E-state index in [1.165, 1.54) is 11.0 Å². The van der Waals surface area contributed by atoms with Crippen molar-refractivity contribution < 1.29 is 9.59 Å². The van der Waals surface area contributed by atoms with Crippen LogP contribution >= 0.6 is 0 Å². The molecule has 0 saturated carbocycles. The summed E-state index contributed by atoms with van der Waals surface area (Å²) in [7, 11) is 3.41. The Morgan fingerprint density at radius 3 is 2.31 bits per heavy atom. The minimum atomic E-state index is -0.221. The zero-order valence-electron chi connectivity index (χ0n) is 9.60. The predicted molar refractivity (Wildman–Crippen MR) is 61.0 cm³/mol. The van der Waals surface area contributed by atoms with Crippen LogP contribution in [0.2, 0.25) is 0 Å². The highest BCUT2D eigenvalue weighted by molar-refractivity contribution is 5.93. The second-order valence-corrected chi connectivity index (χ2v) is 3.72. The Morgan fingerprint density at radius 1 is 1.31 bits per heavy atom. The van der Waals surface area contributed by atoms with Crippen molar-refractivity contribution in [3.8, 4) is 0 Å². The van der Waals surface area contributed by atoms with Gasteiger partial charge in [0.15, 0.2) is 0 Å². The highest BCUT2D eigenvalue weighted by Gasteiger charge is 2.08. The van der Waals surface area contributed by atoms with Gasteiger partial charge in [0.05, 0.1) is 6.04 Å². The first-order valence-electron chi connectivity index (χ1n) is 4.95. The van der Waals surface area contributed by atoms with E-state index in [1.54, 1.807) is 45.3 Å². The van der Waals surface area contributed by atoms with E-state index in [0.717, 1.165) is 5.56 Å². The fraction of sp³-hybridized carbons (Fsp3) is 0.333. The van der Waals surface area contributed by atoms with Gasteiger partial charge in [-0.3, -0.25) is 4.79 Å². The number of isocyanates is 1. The molecule has 1 rings (SSSR count). The van der Waals surface area contributed by atoms with Gasteiger partial charge in [0.1, 0.15) is 0 Å². The predicted octanol–water partition coefficient (Wildman–Crippen LogP) is 1.79. The van der Waals surface area contributed by atoms with Crippen molar-refractivity contribution in [1.82, 2.24) is 4.90 Å². The van der Waals surface area contributed by atoms with E-state index in [2.05, 4.69) is 4.99 Å². The molecule has 0 saturated heterocycles. The van der Waals surface area contributed by atoms with Crippen molar-refractivity contribution in [3.05, 3.63) is 35.4 Å². The molecule has 4 nitrogen and oxygen atoms in total. The number of hydrogen-bond acceptors (Lipinski definition) is 3. The molecule has 84 valence electrons. The first-order chi connectivity index (χ1) is 7.56. The molecule has 0 spiro atoms. The van der Waals surface area contributed by atoms with Gasteiger partial charge in [-0.05, 0) is 24.6 Å². The van der Waals surface area contributed by atoms with E-state index in [0.29, 0.717) is 5.56 Å². The van der Waals surface area contributed by atoms with Crippen molar-refractivity contribution >= 4 is 12.0 Å². The molecule has 1 atom stereocenters. The molecule has 0 N–H and O–H groups in total. The SMILES string of the molecule is CC(N=C=O)c1ccc(C(=O)N(C)C)cc1. The molecule has 1 unspecified atom stereocenters. The van der Waals surface area contributed by atoms with Gasteiger partial charge in [0.25, 0.3) is 5.91 Å². The molecule has 1 aromatic carbocycles. The van der Waals surface area contributed by atoms with E-state index in [1.807, 2.05) is 0 Å². The lowest BCUT2D eigenvalue weighted by Crippen LogP contribution is -2.21. The first-order valence-corrected chi connectivity index (χ1v) is 4.95. The molecule has 0 aliphatic rings. The van der Waals surface area contributed by atoms with Crippen molar-refractivity contribution in [2.24, 2.45) is 4.99 Å². The highest BCUT2D eigenvalue weighted by Crippen LogP contribution is 2.16. The van der Waals surface area contributed by atoms with Crippen LogP contribution in [0.1, 0.15) is 28.9 Å². The smallest absolute Gasteiger partial charge is 0.253 e. The highest BCUT2D eigenvalue weighted by atomic mass is 16.2. The third-order valence-electron chi connectivity index (χ3n) is 2.29. The molecule has 4 heteroatoms.